The van der Waals surface area contributed by atoms with Gasteiger partial charge in [-0.3, -0.25) is 9.69 Å². The lowest BCUT2D eigenvalue weighted by Crippen LogP contribution is -2.22. The van der Waals surface area contributed by atoms with Gasteiger partial charge in [-0.2, -0.15) is 5.26 Å². The molecule has 1 fully saturated rings. The fraction of sp³-hybridized carbons (Fsp3) is 0.208. The van der Waals surface area contributed by atoms with Gasteiger partial charge in [-0.25, -0.2) is 0 Å². The van der Waals surface area contributed by atoms with Crippen molar-refractivity contribution in [3.63, 3.8) is 0 Å². The van der Waals surface area contributed by atoms with Crippen molar-refractivity contribution < 1.29 is 14.3 Å². The number of ether oxygens (including phenoxy) is 2. The fourth-order valence-corrected chi connectivity index (χ4v) is 4.28. The Morgan fingerprint density at radius 1 is 1.26 bits per heavy atom. The van der Waals surface area contributed by atoms with Crippen LogP contribution >= 0.6 is 24.0 Å². The van der Waals surface area contributed by atoms with Crippen molar-refractivity contribution in [1.29, 1.82) is 5.26 Å². The van der Waals surface area contributed by atoms with Gasteiger partial charge in [-0.1, -0.05) is 48.3 Å². The molecule has 0 atom stereocenters. The molecule has 2 aromatic rings. The first-order valence-electron chi connectivity index (χ1n) is 9.71. The zero-order valence-corrected chi connectivity index (χ0v) is 19.0. The second kappa shape index (κ2) is 10.3. The van der Waals surface area contributed by atoms with Gasteiger partial charge in [-0.15, -0.1) is 6.58 Å². The number of carbonyl (C=O) groups is 1. The molecule has 2 aromatic carbocycles. The van der Waals surface area contributed by atoms with Crippen molar-refractivity contribution in [2.75, 3.05) is 13.7 Å². The number of rotatable bonds is 8. The van der Waals surface area contributed by atoms with Crippen molar-refractivity contribution in [2.45, 2.75) is 20.0 Å². The van der Waals surface area contributed by atoms with Crippen LogP contribution in [0.3, 0.4) is 0 Å². The first kappa shape index (κ1) is 22.6. The Morgan fingerprint density at radius 2 is 2.03 bits per heavy atom. The normalized spacial score (nSPS) is 14.6. The second-order valence-corrected chi connectivity index (χ2v) is 8.41. The van der Waals surface area contributed by atoms with Gasteiger partial charge in [0.2, 0.25) is 0 Å². The molecule has 158 valence electrons. The number of amides is 1. The average Bonchev–Trinajstić information content (AvgIpc) is 3.00. The van der Waals surface area contributed by atoms with Crippen molar-refractivity contribution >= 4 is 40.3 Å². The molecule has 0 saturated carbocycles. The molecule has 0 spiro atoms. The highest BCUT2D eigenvalue weighted by Crippen LogP contribution is 2.37. The summed E-state index contributed by atoms with van der Waals surface area (Å²) in [5.74, 6) is 1.07. The molecular weight excluding hydrogens is 428 g/mol. The summed E-state index contributed by atoms with van der Waals surface area (Å²) < 4.78 is 12.5. The zero-order chi connectivity index (χ0) is 22.4. The number of nitriles is 1. The maximum atomic E-state index is 12.4. The largest absolute Gasteiger partial charge is 0.490 e. The summed E-state index contributed by atoms with van der Waals surface area (Å²) in [6.07, 6.45) is 4.16. The van der Waals surface area contributed by atoms with E-state index in [1.807, 2.05) is 43.3 Å². The summed E-state index contributed by atoms with van der Waals surface area (Å²) in [5, 5.41) is 9.33. The van der Waals surface area contributed by atoms with E-state index in [2.05, 4.69) is 12.6 Å². The minimum absolute atomic E-state index is 0.119. The topological polar surface area (TPSA) is 62.6 Å². The summed E-state index contributed by atoms with van der Waals surface area (Å²) in [6.45, 7) is 6.44. The zero-order valence-electron chi connectivity index (χ0n) is 17.4. The van der Waals surface area contributed by atoms with Crippen LogP contribution in [0.1, 0.15) is 29.2 Å². The molecule has 31 heavy (non-hydrogen) atoms. The lowest BCUT2D eigenvalue weighted by molar-refractivity contribution is -0.121. The van der Waals surface area contributed by atoms with E-state index in [1.54, 1.807) is 19.2 Å². The maximum Gasteiger partial charge on any atom is 0.265 e. The monoisotopic (exact) mass is 450 g/mol. The smallest absolute Gasteiger partial charge is 0.265 e. The van der Waals surface area contributed by atoms with E-state index in [-0.39, 0.29) is 12.5 Å². The minimum atomic E-state index is -0.119. The van der Waals surface area contributed by atoms with Crippen LogP contribution in [0.25, 0.3) is 6.08 Å². The Morgan fingerprint density at radius 3 is 2.68 bits per heavy atom. The Hall–Kier alpha value is -3.08. The first-order chi connectivity index (χ1) is 15.0. The van der Waals surface area contributed by atoms with E-state index in [0.29, 0.717) is 39.3 Å². The van der Waals surface area contributed by atoms with E-state index in [9.17, 15) is 10.1 Å². The minimum Gasteiger partial charge on any atom is -0.490 e. The van der Waals surface area contributed by atoms with Crippen LogP contribution in [-0.4, -0.2) is 28.8 Å². The SMILES string of the molecule is C=CCc1cc(C=C2SC(=S)N(C)C2=O)cc(OCC)c1OCc1ccccc1C#N. The number of nitrogens with zero attached hydrogens (tertiary/aromatic N) is 2. The van der Waals surface area contributed by atoms with Gasteiger partial charge >= 0.3 is 0 Å². The van der Waals surface area contributed by atoms with E-state index >= 15 is 0 Å². The third kappa shape index (κ3) is 5.16. The lowest BCUT2D eigenvalue weighted by atomic mass is 10.0. The number of thioether (sulfide) groups is 1. The van der Waals surface area contributed by atoms with Crippen molar-refractivity contribution in [3.8, 4) is 17.6 Å². The van der Waals surface area contributed by atoms with Gasteiger partial charge in [0.1, 0.15) is 10.9 Å². The highest BCUT2D eigenvalue weighted by atomic mass is 32.2. The molecule has 1 aliphatic rings. The number of hydrogen-bond acceptors (Lipinski definition) is 6. The average molecular weight is 451 g/mol. The quantitative estimate of drug-likeness (QED) is 0.317. The number of carbonyl (C=O) groups excluding carboxylic acids is 1. The number of benzene rings is 2. The summed E-state index contributed by atoms with van der Waals surface area (Å²) in [5.41, 5.74) is 3.07. The van der Waals surface area contributed by atoms with Gasteiger partial charge in [0.25, 0.3) is 5.91 Å². The van der Waals surface area contributed by atoms with Crippen LogP contribution in [0.4, 0.5) is 0 Å². The molecular formula is C24H22N2O3S2. The highest BCUT2D eigenvalue weighted by molar-refractivity contribution is 8.26. The molecule has 1 saturated heterocycles. The van der Waals surface area contributed by atoms with Crippen LogP contribution in [0.15, 0.2) is 54.0 Å². The standard InChI is InChI=1S/C24H22N2O3S2/c1-4-8-17-11-16(13-21-23(27)26(3)24(30)31-21)12-20(28-5-2)22(17)29-15-19-10-7-6-9-18(19)14-25/h4,6-7,9-13H,1,5,8,15H2,2-3H3. The van der Waals surface area contributed by atoms with E-state index in [4.69, 9.17) is 21.7 Å². The number of allylic oxidation sites excluding steroid dienone is 1. The molecule has 0 aliphatic carbocycles. The third-order valence-corrected chi connectivity index (χ3v) is 6.10. The van der Waals surface area contributed by atoms with Crippen molar-refractivity contribution in [3.05, 3.63) is 76.2 Å². The van der Waals surface area contributed by atoms with E-state index in [0.717, 1.165) is 16.7 Å². The Balaban J connectivity index is 1.99. The van der Waals surface area contributed by atoms with Crippen LogP contribution in [0, 0.1) is 11.3 Å². The van der Waals surface area contributed by atoms with Crippen molar-refractivity contribution in [1.82, 2.24) is 4.90 Å². The number of thiocarbonyl (C=S) groups is 1. The van der Waals surface area contributed by atoms with Crippen LogP contribution < -0.4 is 9.47 Å². The molecule has 3 rings (SSSR count). The molecule has 0 unspecified atom stereocenters. The van der Waals surface area contributed by atoms with Gasteiger partial charge in [0.05, 0.1) is 23.1 Å². The fourth-order valence-electron chi connectivity index (χ4n) is 3.10. The second-order valence-electron chi connectivity index (χ2n) is 6.73. The molecule has 0 aromatic heterocycles. The van der Waals surface area contributed by atoms with E-state index in [1.165, 1.54) is 16.7 Å². The molecule has 1 aliphatic heterocycles. The van der Waals surface area contributed by atoms with Gasteiger partial charge < -0.3 is 9.47 Å². The predicted octanol–water partition coefficient (Wildman–Crippen LogP) is 5.10. The predicted molar refractivity (Wildman–Crippen MR) is 128 cm³/mol. The maximum absolute atomic E-state index is 12.4. The molecule has 0 radical (unpaired) electrons. The van der Waals surface area contributed by atoms with Crippen LogP contribution in [0.2, 0.25) is 0 Å². The Kier molecular flexibility index (Phi) is 7.50. The van der Waals surface area contributed by atoms with E-state index < -0.39 is 0 Å². The van der Waals surface area contributed by atoms with Gasteiger partial charge in [0.15, 0.2) is 11.5 Å². The third-order valence-electron chi connectivity index (χ3n) is 4.61. The Labute approximate surface area is 192 Å². The highest BCUT2D eigenvalue weighted by Gasteiger charge is 2.28. The Bertz CT molecular complexity index is 1100. The summed E-state index contributed by atoms with van der Waals surface area (Å²) >= 11 is 6.49. The molecule has 1 amide bonds. The van der Waals surface area contributed by atoms with Crippen molar-refractivity contribution in [2.24, 2.45) is 0 Å². The van der Waals surface area contributed by atoms with Gasteiger partial charge in [0, 0.05) is 18.2 Å². The lowest BCUT2D eigenvalue weighted by Gasteiger charge is -2.17. The summed E-state index contributed by atoms with van der Waals surface area (Å²) in [7, 11) is 1.67. The number of hydrogen-bond donors (Lipinski definition) is 0. The summed E-state index contributed by atoms with van der Waals surface area (Å²) in [4.78, 5) is 14.4. The molecule has 5 nitrogen and oxygen atoms in total. The van der Waals surface area contributed by atoms with Gasteiger partial charge in [-0.05, 0) is 43.2 Å². The molecule has 0 bridgehead atoms. The number of likely N-dealkylation sites (N-methyl/N-ethyl adjacent to an activating group) is 1. The molecule has 1 heterocycles. The van der Waals surface area contributed by atoms with Crippen LogP contribution in [0.5, 0.6) is 11.5 Å². The first-order valence-corrected chi connectivity index (χ1v) is 10.9. The molecule has 0 N–H and O–H groups in total. The van der Waals surface area contributed by atoms with Crippen LogP contribution in [-0.2, 0) is 17.8 Å². The summed E-state index contributed by atoms with van der Waals surface area (Å²) in [6, 6.07) is 13.3. The molecule has 7 heteroatoms.